The molecule has 402 valence electrons. The second-order valence-electron chi connectivity index (χ2n) is 25.9. The van der Waals surface area contributed by atoms with Crippen molar-refractivity contribution in [2.45, 2.75) is 194 Å². The summed E-state index contributed by atoms with van der Waals surface area (Å²) in [4.78, 5) is 84.2. The highest BCUT2D eigenvalue weighted by Crippen LogP contribution is 2.62. The molecule has 71 heavy (non-hydrogen) atoms. The molecule has 8 bridgehead atoms. The van der Waals surface area contributed by atoms with Crippen LogP contribution in [0, 0.1) is 63.1 Å². The third-order valence-electron chi connectivity index (χ3n) is 18.4. The molecule has 6 atom stereocenters. The second-order valence-corrected chi connectivity index (χ2v) is 25.9. The molecule has 0 spiro atoms. The quantitative estimate of drug-likeness (QED) is 0.0457. The molecular weight excluding hydrogens is 911 g/mol. The van der Waals surface area contributed by atoms with E-state index in [2.05, 4.69) is 6.92 Å². The van der Waals surface area contributed by atoms with Gasteiger partial charge in [-0.25, -0.2) is 4.79 Å². The van der Waals surface area contributed by atoms with E-state index in [1.807, 2.05) is 39.8 Å². The molecule has 9 fully saturated rings. The summed E-state index contributed by atoms with van der Waals surface area (Å²) in [5, 5.41) is 0. The van der Waals surface area contributed by atoms with Crippen LogP contribution in [0.15, 0.2) is 0 Å². The van der Waals surface area contributed by atoms with Gasteiger partial charge < -0.3 is 42.8 Å². The molecule has 9 rings (SSSR count). The van der Waals surface area contributed by atoms with E-state index in [1.165, 1.54) is 6.42 Å². The second kappa shape index (κ2) is 21.5. The summed E-state index contributed by atoms with van der Waals surface area (Å²) in [6.07, 6.45) is 11.1. The van der Waals surface area contributed by atoms with E-state index in [1.54, 1.807) is 34.6 Å². The molecule has 0 aromatic heterocycles. The average Bonchev–Trinajstić information content (AvgIpc) is 3.68. The molecule has 0 radical (unpaired) electrons. The minimum absolute atomic E-state index is 0.0219. The Kier molecular flexibility index (Phi) is 16.8. The normalized spacial score (nSPS) is 33.7. The zero-order valence-corrected chi connectivity index (χ0v) is 45.3. The van der Waals surface area contributed by atoms with Gasteiger partial charge in [0, 0.05) is 19.4 Å². The first-order valence-electron chi connectivity index (χ1n) is 27.3. The Bertz CT molecular complexity index is 1920. The van der Waals surface area contributed by atoms with Crippen LogP contribution in [-0.4, -0.2) is 124 Å². The molecule has 0 aromatic carbocycles. The molecule has 0 amide bonds. The summed E-state index contributed by atoms with van der Waals surface area (Å²) in [7, 11) is 3.83. The van der Waals surface area contributed by atoms with Crippen LogP contribution in [0.4, 0.5) is 0 Å². The van der Waals surface area contributed by atoms with Crippen molar-refractivity contribution in [3.05, 3.63) is 0 Å². The van der Waals surface area contributed by atoms with Crippen molar-refractivity contribution >= 4 is 35.8 Å². The highest BCUT2D eigenvalue weighted by atomic mass is 16.6. The lowest BCUT2D eigenvalue weighted by Gasteiger charge is -2.61. The Morgan fingerprint density at radius 1 is 0.676 bits per heavy atom. The Morgan fingerprint density at radius 2 is 1.28 bits per heavy atom. The van der Waals surface area contributed by atoms with Gasteiger partial charge in [-0.15, -0.1) is 0 Å². The maximum Gasteiger partial charge on any atom is 0.347 e. The maximum atomic E-state index is 14.7. The Labute approximate surface area is 423 Å². The van der Waals surface area contributed by atoms with E-state index in [0.717, 1.165) is 57.8 Å². The number of carbonyl (C=O) groups excluding carboxylic acids is 6. The molecule has 15 heteroatoms. The molecule has 0 aromatic rings. The first kappa shape index (κ1) is 55.5. The minimum Gasteiger partial charge on any atom is -0.464 e. The smallest absolute Gasteiger partial charge is 0.347 e. The van der Waals surface area contributed by atoms with Crippen molar-refractivity contribution in [1.82, 2.24) is 4.90 Å². The first-order valence-corrected chi connectivity index (χ1v) is 27.3. The van der Waals surface area contributed by atoms with Gasteiger partial charge in [0.15, 0.2) is 0 Å². The number of hydrogen-bond donors (Lipinski definition) is 0. The molecule has 1 heterocycles. The number of esters is 6. The van der Waals surface area contributed by atoms with Crippen LogP contribution in [0.3, 0.4) is 0 Å². The average molecular weight is 1000 g/mol. The fraction of sp³-hybridized carbons (Fsp3) is 0.893. The molecule has 8 saturated carbocycles. The largest absolute Gasteiger partial charge is 0.464 e. The maximum absolute atomic E-state index is 14.7. The van der Waals surface area contributed by atoms with Crippen LogP contribution < -0.4 is 0 Å². The molecule has 8 aliphatic carbocycles. The fourth-order valence-corrected chi connectivity index (χ4v) is 15.0. The summed E-state index contributed by atoms with van der Waals surface area (Å²) in [5.74, 6) is -0.324. The van der Waals surface area contributed by atoms with Crippen molar-refractivity contribution in [3.8, 4) is 0 Å². The van der Waals surface area contributed by atoms with E-state index in [9.17, 15) is 28.8 Å². The van der Waals surface area contributed by atoms with Gasteiger partial charge in [0.2, 0.25) is 6.10 Å². The van der Waals surface area contributed by atoms with Crippen molar-refractivity contribution in [3.63, 3.8) is 0 Å². The van der Waals surface area contributed by atoms with Gasteiger partial charge >= 0.3 is 35.8 Å². The Hall–Kier alpha value is -3.30. The lowest BCUT2D eigenvalue weighted by atomic mass is 9.50. The summed E-state index contributed by atoms with van der Waals surface area (Å²) < 4.78 is 48.1. The lowest BCUT2D eigenvalue weighted by molar-refractivity contribution is -0.240. The molecule has 1 aliphatic heterocycles. The predicted octanol–water partition coefficient (Wildman–Crippen LogP) is 8.59. The molecule has 0 N–H and O–H groups in total. The number of likely N-dealkylation sites (N-methyl/N-ethyl adjacent to an activating group) is 1. The molecule has 1 saturated heterocycles. The van der Waals surface area contributed by atoms with Gasteiger partial charge in [0.1, 0.15) is 24.4 Å². The van der Waals surface area contributed by atoms with Crippen LogP contribution in [0.1, 0.15) is 171 Å². The van der Waals surface area contributed by atoms with Crippen LogP contribution in [-0.2, 0) is 66.7 Å². The van der Waals surface area contributed by atoms with Crippen LogP contribution in [0.25, 0.3) is 0 Å². The zero-order valence-electron chi connectivity index (χ0n) is 45.3. The first-order chi connectivity index (χ1) is 33.3. The minimum atomic E-state index is -1.38. The molecule has 6 unspecified atom stereocenters. The van der Waals surface area contributed by atoms with Gasteiger partial charge in [-0.2, -0.15) is 0 Å². The Balaban J connectivity index is 0.940. The number of hydrogen-bond acceptors (Lipinski definition) is 15. The number of rotatable bonds is 26. The number of ether oxygens (including phenoxy) is 8. The van der Waals surface area contributed by atoms with Gasteiger partial charge in [-0.3, -0.25) is 24.0 Å². The van der Waals surface area contributed by atoms with Gasteiger partial charge in [0.05, 0.1) is 59.6 Å². The van der Waals surface area contributed by atoms with E-state index in [0.29, 0.717) is 87.6 Å². The third kappa shape index (κ3) is 12.5. The SMILES string of the molecule is CCC(CC(C)(C)C(=O)OCCOCCOC12CC3CC(C1)CC(OC(=O)C(C)(C)CC(C)(CC(C)(CC)C(=O)OC1(C)C4CC5CC(C4)CC1C5)C(=O)OC1CCOC1=O)(C3)C2)C(=O)OCCN(C)C. The van der Waals surface area contributed by atoms with Crippen molar-refractivity contribution in [1.29, 1.82) is 0 Å². The fourth-order valence-electron chi connectivity index (χ4n) is 15.0. The molecule has 15 nitrogen and oxygen atoms in total. The molecule has 9 aliphatic rings. The van der Waals surface area contributed by atoms with Crippen molar-refractivity contribution in [2.75, 3.05) is 60.3 Å². The summed E-state index contributed by atoms with van der Waals surface area (Å²) in [6, 6.07) is 0. The zero-order chi connectivity index (χ0) is 51.8. The van der Waals surface area contributed by atoms with Gasteiger partial charge in [-0.1, -0.05) is 13.8 Å². The van der Waals surface area contributed by atoms with Crippen LogP contribution >= 0.6 is 0 Å². The summed E-state index contributed by atoms with van der Waals surface area (Å²) >= 11 is 0. The number of nitrogens with zero attached hydrogens (tertiary/aromatic N) is 1. The van der Waals surface area contributed by atoms with E-state index in [4.69, 9.17) is 37.9 Å². The summed E-state index contributed by atoms with van der Waals surface area (Å²) in [5.41, 5.74) is -6.27. The summed E-state index contributed by atoms with van der Waals surface area (Å²) in [6.45, 7) is 18.8. The van der Waals surface area contributed by atoms with Crippen molar-refractivity contribution in [2.24, 2.45) is 63.1 Å². The lowest BCUT2D eigenvalue weighted by Crippen LogP contribution is -2.62. The van der Waals surface area contributed by atoms with E-state index >= 15 is 0 Å². The molecular formula is C56H89NO14. The number of carbonyl (C=O) groups is 6. The Morgan fingerprint density at radius 3 is 1.86 bits per heavy atom. The monoisotopic (exact) mass is 1000 g/mol. The van der Waals surface area contributed by atoms with Crippen molar-refractivity contribution < 1.29 is 66.7 Å². The topological polar surface area (TPSA) is 180 Å². The van der Waals surface area contributed by atoms with Gasteiger partial charge in [-0.05, 0) is 194 Å². The van der Waals surface area contributed by atoms with E-state index in [-0.39, 0.29) is 51.0 Å². The number of cyclic esters (lactones) is 1. The highest BCUT2D eigenvalue weighted by molar-refractivity contribution is 5.86. The van der Waals surface area contributed by atoms with E-state index < -0.39 is 74.4 Å². The highest BCUT2D eigenvalue weighted by Gasteiger charge is 2.62. The van der Waals surface area contributed by atoms with Crippen LogP contribution in [0.5, 0.6) is 0 Å². The standard InChI is InChI=1S/C56H89NO14/c1-12-40(44(58)66-17-15-57(10)11)32-50(3,4)46(60)67-20-18-64-19-21-68-55-28-38-23-39(29-55)31-56(30-38,35-55)71-47(61)51(5,6)33-53(8,48(62)69-43-14-16-65-45(43)59)34-52(7,13-2)49(63)70-54(9)41-24-36-22-37(26-41)27-42(54)25-36/h36-43H,12-35H2,1-11H3. The predicted molar refractivity (Wildman–Crippen MR) is 262 cm³/mol. The third-order valence-corrected chi connectivity index (χ3v) is 18.4. The van der Waals surface area contributed by atoms with Crippen LogP contribution in [0.2, 0.25) is 0 Å². The van der Waals surface area contributed by atoms with Gasteiger partial charge in [0.25, 0.3) is 0 Å².